The molecule has 0 bridgehead atoms. The van der Waals surface area contributed by atoms with E-state index in [0.29, 0.717) is 25.3 Å². The molecule has 0 aliphatic carbocycles. The molecule has 3 aliphatic rings. The number of ether oxygens (including phenoxy) is 7. The minimum Gasteiger partial charge on any atom is -0.854 e. The van der Waals surface area contributed by atoms with E-state index in [1.54, 1.807) is 34.8 Å². The van der Waals surface area contributed by atoms with Crippen LogP contribution in [0.3, 0.4) is 0 Å². The number of aliphatic hydroxyl groups excluding tert-OH is 1. The number of carbonyl (C=O) groups is 1. The van der Waals surface area contributed by atoms with Crippen LogP contribution in [0.25, 0.3) is 0 Å². The molecule has 4 rings (SSSR count). The summed E-state index contributed by atoms with van der Waals surface area (Å²) in [5, 5.41) is 51.7. The summed E-state index contributed by atoms with van der Waals surface area (Å²) in [5.74, 6) is -1.97. The summed E-state index contributed by atoms with van der Waals surface area (Å²) in [6.07, 6.45) is -5.44. The molecule has 60 heavy (non-hydrogen) atoms. The highest BCUT2D eigenvalue weighted by Gasteiger charge is 2.52. The molecule has 346 valence electrons. The van der Waals surface area contributed by atoms with Crippen molar-refractivity contribution in [2.75, 3.05) is 26.8 Å². The number of methoxy groups -OCH3 is 1. The lowest BCUT2D eigenvalue weighted by atomic mass is 9.77. The van der Waals surface area contributed by atoms with Crippen molar-refractivity contribution in [3.8, 4) is 5.75 Å². The van der Waals surface area contributed by atoms with Crippen LogP contribution in [0.5, 0.6) is 5.75 Å². The third-order valence-corrected chi connectivity index (χ3v) is 13.9. The van der Waals surface area contributed by atoms with Crippen LogP contribution in [0, 0.1) is 35.5 Å². The minimum atomic E-state index is -1.81. The second-order valence-corrected chi connectivity index (χ2v) is 19.2. The zero-order valence-electron chi connectivity index (χ0n) is 38.4. The molecule has 0 radical (unpaired) electrons. The number of hydrogen-bond donors (Lipinski definition) is 5. The van der Waals surface area contributed by atoms with Crippen molar-refractivity contribution in [3.63, 3.8) is 0 Å². The van der Waals surface area contributed by atoms with E-state index in [1.807, 2.05) is 65.0 Å². The van der Waals surface area contributed by atoms with E-state index in [2.05, 4.69) is 12.2 Å². The van der Waals surface area contributed by atoms with Crippen molar-refractivity contribution in [2.24, 2.45) is 41.2 Å². The van der Waals surface area contributed by atoms with E-state index >= 15 is 0 Å². The Morgan fingerprint density at radius 1 is 1.00 bits per heavy atom. The van der Waals surface area contributed by atoms with Crippen molar-refractivity contribution < 1.29 is 58.4 Å². The van der Waals surface area contributed by atoms with Gasteiger partial charge in [0.05, 0.1) is 41.5 Å². The molecule has 0 spiro atoms. The first-order chi connectivity index (χ1) is 28.1. The maximum absolute atomic E-state index is 14.4. The number of nitrogens with two attached hydrogens (primary N) is 1. The molecule has 3 aliphatic heterocycles. The van der Waals surface area contributed by atoms with Gasteiger partial charge in [-0.05, 0) is 123 Å². The fourth-order valence-corrected chi connectivity index (χ4v) is 9.91. The first-order valence-corrected chi connectivity index (χ1v) is 22.4. The second kappa shape index (κ2) is 21.6. The number of carbonyl (C=O) groups excluding carboxylic acids is 1. The smallest absolute Gasteiger partial charge is 0.311 e. The number of rotatable bonds is 12. The molecule has 3 heterocycles. The third-order valence-electron chi connectivity index (χ3n) is 13.9. The van der Waals surface area contributed by atoms with Crippen molar-refractivity contribution in [1.82, 2.24) is 5.32 Å². The van der Waals surface area contributed by atoms with Crippen LogP contribution in [-0.2, 0) is 33.2 Å². The lowest BCUT2D eigenvalue weighted by Crippen LogP contribution is -2.59. The molecule has 3 saturated heterocycles. The van der Waals surface area contributed by atoms with Gasteiger partial charge in [0.25, 0.3) is 0 Å². The molecule has 0 amide bonds. The van der Waals surface area contributed by atoms with Gasteiger partial charge in [-0.1, -0.05) is 45.9 Å². The zero-order chi connectivity index (χ0) is 44.7. The van der Waals surface area contributed by atoms with Gasteiger partial charge in [0.1, 0.15) is 29.7 Å². The molecule has 0 saturated carbocycles. The Balaban J connectivity index is 1.83. The Bertz CT molecular complexity index is 1450. The van der Waals surface area contributed by atoms with Crippen LogP contribution >= 0.6 is 0 Å². The molecular weight excluding hydrogens is 773 g/mol. The fraction of sp³-hybridized carbons (Fsp3) is 0.848. The van der Waals surface area contributed by atoms with Gasteiger partial charge in [-0.25, -0.2) is 0 Å². The summed E-state index contributed by atoms with van der Waals surface area (Å²) in [4.78, 5) is 14.4. The van der Waals surface area contributed by atoms with Crippen molar-refractivity contribution in [3.05, 3.63) is 30.3 Å². The molecule has 14 nitrogen and oxygen atoms in total. The summed E-state index contributed by atoms with van der Waals surface area (Å²) in [7, 11) is 1.56. The zero-order valence-corrected chi connectivity index (χ0v) is 38.4. The number of hydrogen-bond acceptors (Lipinski definition) is 14. The lowest BCUT2D eigenvalue weighted by molar-refractivity contribution is -0.406. The predicted octanol–water partition coefficient (Wildman–Crippen LogP) is 3.93. The number of benzene rings is 1. The molecule has 1 aromatic rings. The molecule has 19 atom stereocenters. The van der Waals surface area contributed by atoms with Gasteiger partial charge in [0.2, 0.25) is 0 Å². The quantitative estimate of drug-likeness (QED) is 0.189. The topological polar surface area (TPSA) is 203 Å². The number of aliphatic hydroxyl groups is 3. The highest BCUT2D eigenvalue weighted by atomic mass is 16.7. The fourth-order valence-electron chi connectivity index (χ4n) is 9.91. The van der Waals surface area contributed by atoms with Gasteiger partial charge in [-0.3, -0.25) is 4.79 Å². The summed E-state index contributed by atoms with van der Waals surface area (Å²) in [6, 6.07) is 8.90. The van der Waals surface area contributed by atoms with E-state index < -0.39 is 102 Å². The van der Waals surface area contributed by atoms with Gasteiger partial charge >= 0.3 is 5.97 Å². The van der Waals surface area contributed by atoms with Crippen LogP contribution in [0.4, 0.5) is 0 Å². The largest absolute Gasteiger partial charge is 0.854 e. The molecule has 14 heteroatoms. The van der Waals surface area contributed by atoms with Crippen molar-refractivity contribution in [2.45, 2.75) is 186 Å². The first kappa shape index (κ1) is 50.7. The molecule has 3 fully saturated rings. The number of para-hydroxylation sites is 1. The van der Waals surface area contributed by atoms with Gasteiger partial charge in [-0.2, -0.15) is 0 Å². The average Bonchev–Trinajstić information content (AvgIpc) is 3.20. The standard InChI is InChI=1S/C46H79N2O12/c1-13-37-46(11,53)40(50)30(6)48-24-27(3)21-44(9,52)41(60-43-36(57-34-17-15-14-16-18-34)20-33(31(7)56-43)19-26(2)23-47)28(4)39(29(5)42(51)58-37)59-38-22-45(10,54-12)35(25-49)32(8)55-38/h14-18,26-33,35-41,43,48,50,52-53H,13,19-25,47H2,1-12H3/q-1/t26?,27-,28+,29-,30-,31-,32+,33?,35?,36-,37-,38+,39+,40-,41-,43+,44-,45-,46-/m1/s1. The first-order valence-electron chi connectivity index (χ1n) is 22.4. The Hall–Kier alpha value is -1.95. The van der Waals surface area contributed by atoms with Crippen LogP contribution in [-0.4, -0.2) is 126 Å². The van der Waals surface area contributed by atoms with E-state index in [9.17, 15) is 25.2 Å². The molecule has 6 N–H and O–H groups in total. The Kier molecular flexibility index (Phi) is 18.3. The Labute approximate surface area is 359 Å². The number of esters is 1. The van der Waals surface area contributed by atoms with Crippen LogP contribution in [0.1, 0.15) is 108 Å². The predicted molar refractivity (Wildman–Crippen MR) is 226 cm³/mol. The van der Waals surface area contributed by atoms with E-state index in [4.69, 9.17) is 38.9 Å². The van der Waals surface area contributed by atoms with Crippen LogP contribution in [0.2, 0.25) is 0 Å². The van der Waals surface area contributed by atoms with Gasteiger partial charge in [0.15, 0.2) is 12.6 Å². The highest BCUT2D eigenvalue weighted by molar-refractivity contribution is 5.73. The maximum atomic E-state index is 14.4. The highest BCUT2D eigenvalue weighted by Crippen LogP contribution is 2.42. The SMILES string of the molecule is CC[C@H]1OC(=O)[C@H](C)[C@@H](O[C@H]2C[C@@](C)(OC)C(C[O-])[C@H](C)O2)[C@H](C)[C@@H](O[C@@H]2O[C@H](C)C(CC(C)CN)C[C@H]2Oc2ccccc2)[C@](C)(O)C[C@@H](C)CN[C@H](C)[C@@H](O)[C@]1(C)O. The summed E-state index contributed by atoms with van der Waals surface area (Å²) < 4.78 is 45.8. The van der Waals surface area contributed by atoms with Gasteiger partial charge in [0, 0.05) is 25.5 Å². The minimum absolute atomic E-state index is 0.125. The number of nitrogens with one attached hydrogen (secondary N) is 1. The van der Waals surface area contributed by atoms with E-state index in [1.165, 1.54) is 6.92 Å². The van der Waals surface area contributed by atoms with Gasteiger partial charge < -0.3 is 64.6 Å². The molecule has 3 unspecified atom stereocenters. The molecule has 0 aromatic heterocycles. The summed E-state index contributed by atoms with van der Waals surface area (Å²) in [5.41, 5.74) is 1.82. The molecule has 1 aromatic carbocycles. The second-order valence-electron chi connectivity index (χ2n) is 19.2. The van der Waals surface area contributed by atoms with Crippen LogP contribution < -0.4 is 20.9 Å². The van der Waals surface area contributed by atoms with E-state index in [0.717, 1.165) is 6.42 Å². The lowest BCUT2D eigenvalue weighted by Gasteiger charge is -2.50. The Morgan fingerprint density at radius 2 is 1.67 bits per heavy atom. The third kappa shape index (κ3) is 12.2. The maximum Gasteiger partial charge on any atom is 0.311 e. The summed E-state index contributed by atoms with van der Waals surface area (Å²) in [6.45, 7) is 20.7. The Morgan fingerprint density at radius 3 is 2.27 bits per heavy atom. The molecular formula is C46H79N2O12-. The van der Waals surface area contributed by atoms with Crippen molar-refractivity contribution >= 4 is 5.97 Å². The monoisotopic (exact) mass is 852 g/mol. The number of cyclic esters (lactones) is 1. The van der Waals surface area contributed by atoms with Gasteiger partial charge in [-0.15, -0.1) is 6.61 Å². The van der Waals surface area contributed by atoms with E-state index in [-0.39, 0.29) is 43.1 Å². The average molecular weight is 852 g/mol. The normalized spacial score (nSPS) is 44.5. The van der Waals surface area contributed by atoms with Crippen molar-refractivity contribution in [1.29, 1.82) is 0 Å². The summed E-state index contributed by atoms with van der Waals surface area (Å²) >= 11 is 0. The van der Waals surface area contributed by atoms with Crippen LogP contribution in [0.15, 0.2) is 30.3 Å².